The minimum absolute atomic E-state index is 0.0415. The highest BCUT2D eigenvalue weighted by atomic mass is 16.3. The minimum atomic E-state index is -0.198. The second-order valence-electron chi connectivity index (χ2n) is 6.38. The third-order valence-corrected chi connectivity index (χ3v) is 4.67. The number of nitrogens with zero attached hydrogens (tertiary/aromatic N) is 1. The number of aliphatic hydroxyl groups excluding tert-OH is 1. The van der Waals surface area contributed by atoms with Gasteiger partial charge in [0.05, 0.1) is 12.6 Å². The van der Waals surface area contributed by atoms with Crippen LogP contribution >= 0.6 is 0 Å². The molecule has 2 aliphatic rings. The molecule has 4 heteroatoms. The van der Waals surface area contributed by atoms with Crippen molar-refractivity contribution in [2.75, 3.05) is 13.1 Å². The maximum atomic E-state index is 10.2. The van der Waals surface area contributed by atoms with Crippen molar-refractivity contribution in [1.82, 2.24) is 10.6 Å². The SMILES string of the molecule is CCNC(=NCC1(C)CCCCC1O)NC1CCC1. The van der Waals surface area contributed by atoms with E-state index in [-0.39, 0.29) is 11.5 Å². The van der Waals surface area contributed by atoms with Crippen molar-refractivity contribution in [3.05, 3.63) is 0 Å². The van der Waals surface area contributed by atoms with E-state index in [0.717, 1.165) is 38.3 Å². The molecule has 2 rings (SSSR count). The van der Waals surface area contributed by atoms with Crippen LogP contribution < -0.4 is 10.6 Å². The molecule has 110 valence electrons. The van der Waals surface area contributed by atoms with Gasteiger partial charge in [-0.15, -0.1) is 0 Å². The molecule has 0 aromatic rings. The lowest BCUT2D eigenvalue weighted by Gasteiger charge is -2.37. The molecule has 0 saturated heterocycles. The van der Waals surface area contributed by atoms with Gasteiger partial charge in [-0.25, -0.2) is 0 Å². The Balaban J connectivity index is 1.91. The van der Waals surface area contributed by atoms with Crippen molar-refractivity contribution in [2.24, 2.45) is 10.4 Å². The number of nitrogens with one attached hydrogen (secondary N) is 2. The number of hydrogen-bond donors (Lipinski definition) is 3. The van der Waals surface area contributed by atoms with E-state index in [1.807, 2.05) is 0 Å². The topological polar surface area (TPSA) is 56.7 Å². The first-order chi connectivity index (χ1) is 9.14. The van der Waals surface area contributed by atoms with Crippen molar-refractivity contribution in [1.29, 1.82) is 0 Å². The predicted octanol–water partition coefficient (Wildman–Crippen LogP) is 2.04. The van der Waals surface area contributed by atoms with Gasteiger partial charge in [0.25, 0.3) is 0 Å². The Morgan fingerprint density at radius 2 is 2.05 bits per heavy atom. The van der Waals surface area contributed by atoms with Gasteiger partial charge in [0.2, 0.25) is 0 Å². The molecule has 4 nitrogen and oxygen atoms in total. The van der Waals surface area contributed by atoms with Gasteiger partial charge in [0.15, 0.2) is 5.96 Å². The van der Waals surface area contributed by atoms with Gasteiger partial charge in [0.1, 0.15) is 0 Å². The molecule has 0 spiro atoms. The smallest absolute Gasteiger partial charge is 0.191 e. The third-order valence-electron chi connectivity index (χ3n) is 4.67. The summed E-state index contributed by atoms with van der Waals surface area (Å²) in [6.45, 7) is 5.87. The zero-order valence-corrected chi connectivity index (χ0v) is 12.4. The Morgan fingerprint density at radius 1 is 1.26 bits per heavy atom. The number of aliphatic imine (C=N–C) groups is 1. The molecule has 19 heavy (non-hydrogen) atoms. The molecule has 0 aromatic carbocycles. The lowest BCUT2D eigenvalue weighted by molar-refractivity contribution is 0.00715. The third kappa shape index (κ3) is 3.85. The number of guanidine groups is 1. The summed E-state index contributed by atoms with van der Waals surface area (Å²) in [6, 6.07) is 0.599. The maximum Gasteiger partial charge on any atom is 0.191 e. The van der Waals surface area contributed by atoms with Gasteiger partial charge in [-0.05, 0) is 39.0 Å². The van der Waals surface area contributed by atoms with Crippen molar-refractivity contribution in [3.8, 4) is 0 Å². The number of aliphatic hydroxyl groups is 1. The van der Waals surface area contributed by atoms with Crippen LogP contribution in [0.5, 0.6) is 0 Å². The first-order valence-electron chi connectivity index (χ1n) is 7.87. The summed E-state index contributed by atoms with van der Waals surface area (Å²) >= 11 is 0. The fourth-order valence-corrected chi connectivity index (χ4v) is 2.89. The van der Waals surface area contributed by atoms with E-state index in [1.165, 1.54) is 25.7 Å². The maximum absolute atomic E-state index is 10.2. The van der Waals surface area contributed by atoms with Crippen molar-refractivity contribution in [2.45, 2.75) is 70.9 Å². The lowest BCUT2D eigenvalue weighted by Crippen LogP contribution is -2.47. The van der Waals surface area contributed by atoms with E-state index in [9.17, 15) is 5.11 Å². The predicted molar refractivity (Wildman–Crippen MR) is 79.3 cm³/mol. The Hall–Kier alpha value is -0.770. The van der Waals surface area contributed by atoms with Gasteiger partial charge >= 0.3 is 0 Å². The standard InChI is InChI=1S/C15H29N3O/c1-3-16-14(18-12-7-6-8-12)17-11-15(2)10-5-4-9-13(15)19/h12-13,19H,3-11H2,1-2H3,(H2,16,17,18). The van der Waals surface area contributed by atoms with E-state index >= 15 is 0 Å². The molecule has 2 unspecified atom stereocenters. The van der Waals surface area contributed by atoms with Crippen LogP contribution in [0, 0.1) is 5.41 Å². The summed E-state index contributed by atoms with van der Waals surface area (Å²) in [4.78, 5) is 4.72. The molecule has 2 saturated carbocycles. The number of rotatable bonds is 4. The highest BCUT2D eigenvalue weighted by Crippen LogP contribution is 2.36. The molecule has 0 amide bonds. The largest absolute Gasteiger partial charge is 0.392 e. The monoisotopic (exact) mass is 267 g/mol. The number of hydrogen-bond acceptors (Lipinski definition) is 2. The molecule has 0 radical (unpaired) electrons. The van der Waals surface area contributed by atoms with E-state index in [0.29, 0.717) is 6.04 Å². The summed E-state index contributed by atoms with van der Waals surface area (Å²) in [5.74, 6) is 0.922. The summed E-state index contributed by atoms with van der Waals surface area (Å²) in [6.07, 6.45) is 8.02. The van der Waals surface area contributed by atoms with Crippen LogP contribution in [0.2, 0.25) is 0 Å². The van der Waals surface area contributed by atoms with Gasteiger partial charge in [0, 0.05) is 18.0 Å². The highest BCUT2D eigenvalue weighted by molar-refractivity contribution is 5.80. The van der Waals surface area contributed by atoms with Crippen LogP contribution in [0.4, 0.5) is 0 Å². The van der Waals surface area contributed by atoms with Crippen LogP contribution in [0.15, 0.2) is 4.99 Å². The molecular formula is C15H29N3O. The lowest BCUT2D eigenvalue weighted by atomic mass is 9.73. The molecule has 2 aliphatic carbocycles. The molecule has 2 fully saturated rings. The van der Waals surface area contributed by atoms with Crippen LogP contribution in [0.3, 0.4) is 0 Å². The van der Waals surface area contributed by atoms with E-state index in [1.54, 1.807) is 0 Å². The molecule has 2 atom stereocenters. The summed E-state index contributed by atoms with van der Waals surface area (Å²) in [5, 5.41) is 17.0. The summed E-state index contributed by atoms with van der Waals surface area (Å²) in [5.41, 5.74) is -0.0415. The van der Waals surface area contributed by atoms with Crippen LogP contribution in [-0.4, -0.2) is 36.3 Å². The average Bonchev–Trinajstić information content (AvgIpc) is 2.34. The first kappa shape index (κ1) is 14.6. The summed E-state index contributed by atoms with van der Waals surface area (Å²) < 4.78 is 0. The van der Waals surface area contributed by atoms with Crippen molar-refractivity contribution in [3.63, 3.8) is 0 Å². The van der Waals surface area contributed by atoms with Crippen molar-refractivity contribution >= 4 is 5.96 Å². The Morgan fingerprint density at radius 3 is 2.63 bits per heavy atom. The molecule has 0 heterocycles. The fourth-order valence-electron chi connectivity index (χ4n) is 2.89. The molecule has 0 bridgehead atoms. The second kappa shape index (κ2) is 6.60. The summed E-state index contributed by atoms with van der Waals surface area (Å²) in [7, 11) is 0. The Labute approximate surface area is 117 Å². The quantitative estimate of drug-likeness (QED) is 0.539. The zero-order valence-electron chi connectivity index (χ0n) is 12.4. The van der Waals surface area contributed by atoms with Crippen molar-refractivity contribution < 1.29 is 5.11 Å². The second-order valence-corrected chi connectivity index (χ2v) is 6.38. The van der Waals surface area contributed by atoms with E-state index in [2.05, 4.69) is 24.5 Å². The average molecular weight is 267 g/mol. The van der Waals surface area contributed by atoms with Gasteiger partial charge in [-0.3, -0.25) is 4.99 Å². The molecule has 0 aliphatic heterocycles. The van der Waals surface area contributed by atoms with Gasteiger partial charge in [-0.2, -0.15) is 0 Å². The van der Waals surface area contributed by atoms with Crippen LogP contribution in [-0.2, 0) is 0 Å². The Bertz CT molecular complexity index is 315. The van der Waals surface area contributed by atoms with Crippen LogP contribution in [0.1, 0.15) is 58.8 Å². The Kier molecular flexibility index (Phi) is 5.08. The minimum Gasteiger partial charge on any atom is -0.392 e. The highest BCUT2D eigenvalue weighted by Gasteiger charge is 2.35. The van der Waals surface area contributed by atoms with Crippen LogP contribution in [0.25, 0.3) is 0 Å². The zero-order chi connectivity index (χ0) is 13.7. The molecular weight excluding hydrogens is 238 g/mol. The van der Waals surface area contributed by atoms with E-state index in [4.69, 9.17) is 4.99 Å². The molecule has 3 N–H and O–H groups in total. The fraction of sp³-hybridized carbons (Fsp3) is 0.933. The van der Waals surface area contributed by atoms with Gasteiger partial charge in [-0.1, -0.05) is 19.8 Å². The van der Waals surface area contributed by atoms with E-state index < -0.39 is 0 Å². The van der Waals surface area contributed by atoms with Gasteiger partial charge < -0.3 is 15.7 Å². The normalized spacial score (nSPS) is 32.8. The first-order valence-corrected chi connectivity index (χ1v) is 7.87. The molecule has 0 aromatic heterocycles.